The Bertz CT molecular complexity index is 909. The van der Waals surface area contributed by atoms with Crippen molar-refractivity contribution in [1.82, 2.24) is 19.5 Å². The van der Waals surface area contributed by atoms with Crippen LogP contribution in [-0.2, 0) is 13.2 Å². The summed E-state index contributed by atoms with van der Waals surface area (Å²) in [4.78, 5) is 11.6. The van der Waals surface area contributed by atoms with Gasteiger partial charge in [0.05, 0.1) is 3.57 Å². The van der Waals surface area contributed by atoms with Crippen molar-refractivity contribution in [2.75, 3.05) is 5.32 Å². The minimum atomic E-state index is -4.47. The minimum Gasteiger partial charge on any atom is -0.339 e. The zero-order chi connectivity index (χ0) is 18.2. The van der Waals surface area contributed by atoms with Crippen LogP contribution in [0.1, 0.15) is 5.69 Å². The SMILES string of the molecule is Cn1cc(C(F)(F)F)nc1-c1ccc(Nc2nc(Cl)ncc2I)cc1. The molecule has 0 radical (unpaired) electrons. The van der Waals surface area contributed by atoms with Crippen LogP contribution < -0.4 is 5.32 Å². The van der Waals surface area contributed by atoms with E-state index in [4.69, 9.17) is 11.6 Å². The van der Waals surface area contributed by atoms with E-state index in [1.165, 1.54) is 11.6 Å². The van der Waals surface area contributed by atoms with Crippen molar-refractivity contribution in [1.29, 1.82) is 0 Å². The highest BCUT2D eigenvalue weighted by Gasteiger charge is 2.34. The molecule has 0 spiro atoms. The third-order valence-corrected chi connectivity index (χ3v) is 4.26. The molecule has 0 saturated heterocycles. The van der Waals surface area contributed by atoms with Crippen LogP contribution in [0.3, 0.4) is 0 Å². The largest absolute Gasteiger partial charge is 0.434 e. The molecule has 0 aliphatic rings. The molecule has 2 heterocycles. The fourth-order valence-electron chi connectivity index (χ4n) is 2.14. The van der Waals surface area contributed by atoms with Gasteiger partial charge in [0.2, 0.25) is 5.28 Å². The van der Waals surface area contributed by atoms with E-state index in [-0.39, 0.29) is 11.1 Å². The maximum absolute atomic E-state index is 12.8. The smallest absolute Gasteiger partial charge is 0.339 e. The summed E-state index contributed by atoms with van der Waals surface area (Å²) in [5.41, 5.74) is 0.359. The van der Waals surface area contributed by atoms with Gasteiger partial charge in [0.25, 0.3) is 0 Å². The Morgan fingerprint density at radius 1 is 1.16 bits per heavy atom. The highest BCUT2D eigenvalue weighted by molar-refractivity contribution is 14.1. The van der Waals surface area contributed by atoms with Crippen molar-refractivity contribution in [3.8, 4) is 11.4 Å². The molecule has 25 heavy (non-hydrogen) atoms. The predicted octanol–water partition coefficient (Wildman–Crippen LogP) is 4.90. The maximum atomic E-state index is 12.8. The molecule has 130 valence electrons. The molecule has 1 N–H and O–H groups in total. The summed E-state index contributed by atoms with van der Waals surface area (Å²) in [5.74, 6) is 0.781. The van der Waals surface area contributed by atoms with Gasteiger partial charge in [0.15, 0.2) is 5.69 Å². The van der Waals surface area contributed by atoms with Crippen LogP contribution in [0.15, 0.2) is 36.7 Å². The number of nitrogens with one attached hydrogen (secondary N) is 1. The number of aromatic nitrogens is 4. The summed E-state index contributed by atoms with van der Waals surface area (Å²) >= 11 is 7.84. The van der Waals surface area contributed by atoms with Gasteiger partial charge in [0, 0.05) is 30.7 Å². The van der Waals surface area contributed by atoms with Crippen LogP contribution in [0.2, 0.25) is 5.28 Å². The molecular weight excluding hydrogens is 470 g/mol. The number of nitrogens with zero attached hydrogens (tertiary/aromatic N) is 4. The second-order valence-electron chi connectivity index (χ2n) is 5.10. The number of hydrogen-bond acceptors (Lipinski definition) is 4. The first kappa shape index (κ1) is 17.9. The average molecular weight is 480 g/mol. The van der Waals surface area contributed by atoms with E-state index < -0.39 is 11.9 Å². The minimum absolute atomic E-state index is 0.118. The number of benzene rings is 1. The van der Waals surface area contributed by atoms with E-state index in [2.05, 4.69) is 42.9 Å². The number of halogens is 5. The fourth-order valence-corrected chi connectivity index (χ4v) is 2.67. The zero-order valence-electron chi connectivity index (χ0n) is 12.6. The quantitative estimate of drug-likeness (QED) is 0.429. The highest BCUT2D eigenvalue weighted by atomic mass is 127. The van der Waals surface area contributed by atoms with Gasteiger partial charge in [-0.15, -0.1) is 0 Å². The monoisotopic (exact) mass is 479 g/mol. The third-order valence-electron chi connectivity index (χ3n) is 3.29. The summed E-state index contributed by atoms with van der Waals surface area (Å²) in [6.07, 6.45) is -1.92. The van der Waals surface area contributed by atoms with Gasteiger partial charge in [-0.3, -0.25) is 0 Å². The van der Waals surface area contributed by atoms with E-state index in [1.54, 1.807) is 30.5 Å². The van der Waals surface area contributed by atoms with Crippen molar-refractivity contribution in [3.05, 3.63) is 51.2 Å². The number of alkyl halides is 3. The zero-order valence-corrected chi connectivity index (χ0v) is 15.6. The average Bonchev–Trinajstić information content (AvgIpc) is 2.94. The van der Waals surface area contributed by atoms with Crippen LogP contribution in [0.4, 0.5) is 24.7 Å². The number of rotatable bonds is 3. The van der Waals surface area contributed by atoms with Crippen LogP contribution >= 0.6 is 34.2 Å². The number of imidazole rings is 1. The molecule has 0 atom stereocenters. The van der Waals surface area contributed by atoms with Gasteiger partial charge < -0.3 is 9.88 Å². The van der Waals surface area contributed by atoms with Crippen molar-refractivity contribution in [2.24, 2.45) is 7.05 Å². The van der Waals surface area contributed by atoms with Crippen molar-refractivity contribution in [2.45, 2.75) is 6.18 Å². The first-order valence-electron chi connectivity index (χ1n) is 6.90. The molecule has 3 aromatic rings. The van der Waals surface area contributed by atoms with E-state index in [9.17, 15) is 13.2 Å². The van der Waals surface area contributed by atoms with Crippen molar-refractivity contribution in [3.63, 3.8) is 0 Å². The highest BCUT2D eigenvalue weighted by Crippen LogP contribution is 2.31. The Morgan fingerprint density at radius 2 is 1.84 bits per heavy atom. The summed E-state index contributed by atoms with van der Waals surface area (Å²) in [6, 6.07) is 6.81. The van der Waals surface area contributed by atoms with Gasteiger partial charge in [-0.25, -0.2) is 9.97 Å². The van der Waals surface area contributed by atoms with Gasteiger partial charge in [-0.1, -0.05) is 0 Å². The lowest BCUT2D eigenvalue weighted by Crippen LogP contribution is -2.04. The predicted molar refractivity (Wildman–Crippen MR) is 96.7 cm³/mol. The second-order valence-corrected chi connectivity index (χ2v) is 6.60. The van der Waals surface area contributed by atoms with Crippen molar-refractivity contribution < 1.29 is 13.2 Å². The topological polar surface area (TPSA) is 55.6 Å². The number of hydrogen-bond donors (Lipinski definition) is 1. The Hall–Kier alpha value is -1.88. The van der Waals surface area contributed by atoms with Gasteiger partial charge in [-0.2, -0.15) is 18.2 Å². The Kier molecular flexibility index (Phi) is 4.87. The van der Waals surface area contributed by atoms with E-state index in [1.807, 2.05) is 0 Å². The van der Waals surface area contributed by atoms with Crippen LogP contribution in [0.25, 0.3) is 11.4 Å². The molecule has 5 nitrogen and oxygen atoms in total. The summed E-state index contributed by atoms with van der Waals surface area (Å²) in [6.45, 7) is 0. The first-order valence-corrected chi connectivity index (χ1v) is 8.36. The summed E-state index contributed by atoms with van der Waals surface area (Å²) in [5, 5.41) is 3.20. The molecule has 0 unspecified atom stereocenters. The van der Waals surface area contributed by atoms with Crippen LogP contribution in [-0.4, -0.2) is 19.5 Å². The molecule has 0 amide bonds. The second kappa shape index (κ2) is 6.79. The van der Waals surface area contributed by atoms with Gasteiger partial charge in [-0.05, 0) is 58.5 Å². The molecule has 0 aliphatic carbocycles. The van der Waals surface area contributed by atoms with Gasteiger partial charge >= 0.3 is 6.18 Å². The molecular formula is C15H10ClF3IN5. The number of anilines is 2. The normalized spacial score (nSPS) is 11.6. The Morgan fingerprint density at radius 3 is 2.44 bits per heavy atom. The molecule has 0 fully saturated rings. The lowest BCUT2D eigenvalue weighted by Gasteiger charge is -2.08. The molecule has 10 heteroatoms. The van der Waals surface area contributed by atoms with Crippen LogP contribution in [0.5, 0.6) is 0 Å². The molecule has 3 rings (SSSR count). The van der Waals surface area contributed by atoms with E-state index >= 15 is 0 Å². The molecule has 2 aromatic heterocycles. The standard InChI is InChI=1S/C15H10ClF3IN5/c1-25-7-11(15(17,18)19)23-13(25)8-2-4-9(5-3-8)22-12-10(20)6-21-14(16)24-12/h2-7H,1H3,(H,21,22,24). The lowest BCUT2D eigenvalue weighted by molar-refractivity contribution is -0.140. The molecule has 1 aromatic carbocycles. The summed E-state index contributed by atoms with van der Waals surface area (Å²) in [7, 11) is 1.52. The molecule has 0 aliphatic heterocycles. The third kappa shape index (κ3) is 4.03. The van der Waals surface area contributed by atoms with E-state index in [0.29, 0.717) is 17.1 Å². The Labute approximate surface area is 159 Å². The van der Waals surface area contributed by atoms with Gasteiger partial charge in [0.1, 0.15) is 11.6 Å². The van der Waals surface area contributed by atoms with Crippen LogP contribution in [0, 0.1) is 3.57 Å². The lowest BCUT2D eigenvalue weighted by atomic mass is 10.2. The van der Waals surface area contributed by atoms with Crippen molar-refractivity contribution >= 4 is 45.7 Å². The fraction of sp³-hybridized carbons (Fsp3) is 0.133. The molecule has 0 bridgehead atoms. The first-order chi connectivity index (χ1) is 11.7. The van der Waals surface area contributed by atoms with E-state index in [0.717, 1.165) is 9.77 Å². The maximum Gasteiger partial charge on any atom is 0.434 e. The Balaban J connectivity index is 1.86. The number of aryl methyl sites for hydroxylation is 1. The summed E-state index contributed by atoms with van der Waals surface area (Å²) < 4.78 is 40.4. The molecule has 0 saturated carbocycles.